The van der Waals surface area contributed by atoms with E-state index < -0.39 is 7.60 Å². The Morgan fingerprint density at radius 1 is 1.38 bits per heavy atom. The number of hydrogen-bond donors (Lipinski definition) is 0. The summed E-state index contributed by atoms with van der Waals surface area (Å²) in [6.45, 7) is 4.46. The van der Waals surface area contributed by atoms with E-state index in [2.05, 4.69) is 0 Å². The highest BCUT2D eigenvalue weighted by Crippen LogP contribution is 2.48. The van der Waals surface area contributed by atoms with E-state index in [-0.39, 0.29) is 12.6 Å². The average molecular weight is 205 g/mol. The first-order valence-corrected chi connectivity index (χ1v) is 6.16. The van der Waals surface area contributed by atoms with Crippen molar-refractivity contribution in [3.8, 4) is 6.07 Å². The molecular weight excluding hydrogens is 189 g/mol. The molecule has 0 spiro atoms. The van der Waals surface area contributed by atoms with Crippen LogP contribution in [0.2, 0.25) is 0 Å². The van der Waals surface area contributed by atoms with E-state index in [9.17, 15) is 4.57 Å². The van der Waals surface area contributed by atoms with Gasteiger partial charge in [-0.2, -0.15) is 5.26 Å². The largest absolute Gasteiger partial charge is 0.331 e. The van der Waals surface area contributed by atoms with E-state index >= 15 is 0 Å². The molecule has 0 bridgehead atoms. The van der Waals surface area contributed by atoms with Gasteiger partial charge in [0.1, 0.15) is 0 Å². The number of nitriles is 1. The third kappa shape index (κ3) is 5.81. The molecule has 0 aromatic rings. The highest BCUT2D eigenvalue weighted by Gasteiger charge is 2.22. The minimum atomic E-state index is -2.97. The van der Waals surface area contributed by atoms with Crippen molar-refractivity contribution >= 4 is 7.60 Å². The minimum Gasteiger partial charge on any atom is -0.309 e. The third-order valence-corrected chi connectivity index (χ3v) is 3.31. The summed E-state index contributed by atoms with van der Waals surface area (Å²) < 4.78 is 21.9. The fourth-order valence-electron chi connectivity index (χ4n) is 0.780. The second-order valence-electron chi connectivity index (χ2n) is 2.49. The number of hydrogen-bond acceptors (Lipinski definition) is 4. The first-order chi connectivity index (χ1) is 6.18. The molecule has 13 heavy (non-hydrogen) atoms. The van der Waals surface area contributed by atoms with Crippen molar-refractivity contribution in [3.63, 3.8) is 0 Å². The van der Waals surface area contributed by atoms with Gasteiger partial charge in [0.05, 0.1) is 25.4 Å². The molecule has 0 amide bonds. The lowest BCUT2D eigenvalue weighted by atomic mass is 10.5. The molecule has 0 aliphatic heterocycles. The molecule has 1 atom stereocenters. The molecule has 0 aliphatic rings. The van der Waals surface area contributed by atoms with Gasteiger partial charge in [0.15, 0.2) is 0 Å². The zero-order chi connectivity index (χ0) is 10.2. The molecule has 4 nitrogen and oxygen atoms in total. The molecule has 76 valence electrons. The zero-order valence-corrected chi connectivity index (χ0v) is 9.05. The standard InChI is InChI=1S/C8H16NO3P/c1-3-7-12-13(10,11-4-2)8-5-6-9/h3-5,7-8H2,1-2H3. The van der Waals surface area contributed by atoms with E-state index in [0.29, 0.717) is 13.2 Å². The first kappa shape index (κ1) is 12.6. The summed E-state index contributed by atoms with van der Waals surface area (Å²) in [5, 5.41) is 8.34. The molecular formula is C8H16NO3P. The first-order valence-electron chi connectivity index (χ1n) is 4.43. The molecule has 0 N–H and O–H groups in total. The lowest BCUT2D eigenvalue weighted by molar-refractivity contribution is 0.212. The van der Waals surface area contributed by atoms with Crippen LogP contribution in [-0.2, 0) is 13.6 Å². The summed E-state index contributed by atoms with van der Waals surface area (Å²) in [4.78, 5) is 0. The van der Waals surface area contributed by atoms with Gasteiger partial charge in [-0.1, -0.05) is 6.92 Å². The lowest BCUT2D eigenvalue weighted by Crippen LogP contribution is -2.00. The van der Waals surface area contributed by atoms with E-state index in [1.165, 1.54) is 0 Å². The predicted octanol–water partition coefficient (Wildman–Crippen LogP) is 2.56. The van der Waals surface area contributed by atoms with Gasteiger partial charge in [0.2, 0.25) is 0 Å². The van der Waals surface area contributed by atoms with Gasteiger partial charge in [0, 0.05) is 6.42 Å². The molecule has 0 saturated heterocycles. The molecule has 0 radical (unpaired) electrons. The SMILES string of the molecule is CCCOP(=O)(CCC#N)OCC. The predicted molar refractivity (Wildman–Crippen MR) is 50.6 cm³/mol. The molecule has 0 saturated carbocycles. The number of rotatable bonds is 7. The Hall–Kier alpha value is -0.360. The quantitative estimate of drug-likeness (QED) is 0.599. The Labute approximate surface area is 79.4 Å². The summed E-state index contributed by atoms with van der Waals surface area (Å²) in [6.07, 6.45) is 1.20. The van der Waals surface area contributed by atoms with Crippen LogP contribution in [0, 0.1) is 11.3 Å². The average Bonchev–Trinajstić information content (AvgIpc) is 2.12. The van der Waals surface area contributed by atoms with Gasteiger partial charge < -0.3 is 9.05 Å². The Morgan fingerprint density at radius 3 is 2.54 bits per heavy atom. The van der Waals surface area contributed by atoms with Crippen molar-refractivity contribution in [1.82, 2.24) is 0 Å². The molecule has 1 unspecified atom stereocenters. The molecule has 5 heteroatoms. The second kappa shape index (κ2) is 7.08. The summed E-state index contributed by atoms with van der Waals surface area (Å²) in [5.41, 5.74) is 0. The van der Waals surface area contributed by atoms with E-state index in [0.717, 1.165) is 6.42 Å². The highest BCUT2D eigenvalue weighted by molar-refractivity contribution is 7.53. The zero-order valence-electron chi connectivity index (χ0n) is 8.15. The molecule has 0 rings (SSSR count). The summed E-state index contributed by atoms with van der Waals surface area (Å²) in [6, 6.07) is 1.93. The van der Waals surface area contributed by atoms with Gasteiger partial charge in [-0.15, -0.1) is 0 Å². The van der Waals surface area contributed by atoms with Crippen LogP contribution < -0.4 is 0 Å². The Morgan fingerprint density at radius 2 is 2.08 bits per heavy atom. The fraction of sp³-hybridized carbons (Fsp3) is 0.875. The molecule has 0 aromatic carbocycles. The maximum Gasteiger partial charge on any atom is 0.331 e. The van der Waals surface area contributed by atoms with Crippen LogP contribution >= 0.6 is 7.60 Å². The van der Waals surface area contributed by atoms with Crippen molar-refractivity contribution in [3.05, 3.63) is 0 Å². The van der Waals surface area contributed by atoms with Crippen LogP contribution in [0.4, 0.5) is 0 Å². The van der Waals surface area contributed by atoms with Crippen molar-refractivity contribution in [2.75, 3.05) is 19.4 Å². The van der Waals surface area contributed by atoms with Gasteiger partial charge in [-0.25, -0.2) is 0 Å². The van der Waals surface area contributed by atoms with E-state index in [1.807, 2.05) is 13.0 Å². The van der Waals surface area contributed by atoms with Crippen LogP contribution in [-0.4, -0.2) is 19.4 Å². The third-order valence-electron chi connectivity index (χ3n) is 1.32. The summed E-state index contributed by atoms with van der Waals surface area (Å²) in [5.74, 6) is 0. The maximum atomic E-state index is 11.7. The molecule has 0 heterocycles. The van der Waals surface area contributed by atoms with Crippen molar-refractivity contribution < 1.29 is 13.6 Å². The summed E-state index contributed by atoms with van der Waals surface area (Å²) in [7, 11) is -2.97. The van der Waals surface area contributed by atoms with Gasteiger partial charge in [-0.05, 0) is 13.3 Å². The Balaban J connectivity index is 4.01. The second-order valence-corrected chi connectivity index (χ2v) is 4.68. The normalized spacial score (nSPS) is 14.8. The monoisotopic (exact) mass is 205 g/mol. The summed E-state index contributed by atoms with van der Waals surface area (Å²) >= 11 is 0. The van der Waals surface area contributed by atoms with Crippen LogP contribution in [0.3, 0.4) is 0 Å². The molecule has 0 aliphatic carbocycles. The van der Waals surface area contributed by atoms with Gasteiger partial charge >= 0.3 is 7.60 Å². The van der Waals surface area contributed by atoms with E-state index in [1.54, 1.807) is 6.92 Å². The fourth-order valence-corrected chi connectivity index (χ4v) is 2.34. The van der Waals surface area contributed by atoms with Crippen LogP contribution in [0.5, 0.6) is 0 Å². The minimum absolute atomic E-state index is 0.192. The van der Waals surface area contributed by atoms with Crippen LogP contribution in [0.15, 0.2) is 0 Å². The Bertz CT molecular complexity index is 212. The van der Waals surface area contributed by atoms with Crippen molar-refractivity contribution in [2.24, 2.45) is 0 Å². The smallest absolute Gasteiger partial charge is 0.309 e. The molecule has 0 aromatic heterocycles. The highest BCUT2D eigenvalue weighted by atomic mass is 31.2. The maximum absolute atomic E-state index is 11.7. The molecule has 0 fully saturated rings. The Kier molecular flexibility index (Phi) is 6.89. The lowest BCUT2D eigenvalue weighted by Gasteiger charge is -2.15. The van der Waals surface area contributed by atoms with Crippen LogP contribution in [0.25, 0.3) is 0 Å². The van der Waals surface area contributed by atoms with Gasteiger partial charge in [-0.3, -0.25) is 4.57 Å². The van der Waals surface area contributed by atoms with E-state index in [4.69, 9.17) is 14.3 Å². The van der Waals surface area contributed by atoms with Crippen molar-refractivity contribution in [2.45, 2.75) is 26.7 Å². The van der Waals surface area contributed by atoms with Gasteiger partial charge in [0.25, 0.3) is 0 Å². The number of nitrogens with zero attached hydrogens (tertiary/aromatic N) is 1. The topological polar surface area (TPSA) is 59.3 Å². The van der Waals surface area contributed by atoms with Crippen LogP contribution in [0.1, 0.15) is 26.7 Å². The van der Waals surface area contributed by atoms with Crippen molar-refractivity contribution in [1.29, 1.82) is 5.26 Å².